The second kappa shape index (κ2) is 32.4. The minimum absolute atomic E-state index is 0.226. The summed E-state index contributed by atoms with van der Waals surface area (Å²) in [4.78, 5) is 9.95. The first-order valence-corrected chi connectivity index (χ1v) is 17.7. The summed E-state index contributed by atoms with van der Waals surface area (Å²) in [6.07, 6.45) is 10.1. The van der Waals surface area contributed by atoms with Crippen LogP contribution in [-0.4, -0.2) is 29.2 Å². The van der Waals surface area contributed by atoms with E-state index >= 15 is 0 Å². The third kappa shape index (κ3) is 26.1. The lowest BCUT2D eigenvalue weighted by Crippen LogP contribution is -1.99. The van der Waals surface area contributed by atoms with E-state index in [4.69, 9.17) is 10.2 Å². The summed E-state index contributed by atoms with van der Waals surface area (Å²) in [6.45, 7) is 9.64. The van der Waals surface area contributed by atoms with Crippen LogP contribution in [0.25, 0.3) is 0 Å². The van der Waals surface area contributed by atoms with Crippen molar-refractivity contribution in [3.63, 3.8) is 0 Å². The summed E-state index contributed by atoms with van der Waals surface area (Å²) < 4.78 is 0. The van der Waals surface area contributed by atoms with Crippen molar-refractivity contribution >= 4 is 6.29 Å². The third-order valence-corrected chi connectivity index (χ3v) is 6.84. The average molecular weight is 689 g/mol. The van der Waals surface area contributed by atoms with Gasteiger partial charge in [-0.25, -0.2) is 0 Å². The summed E-state index contributed by atoms with van der Waals surface area (Å²) >= 11 is 0. The van der Waals surface area contributed by atoms with E-state index in [9.17, 15) is 4.79 Å². The molecule has 4 rings (SSSR count). The molecule has 266 valence electrons. The van der Waals surface area contributed by atoms with Gasteiger partial charge in [0.2, 0.25) is 0 Å². The standard InChI is InChI=1S/C14H16.C13H14O.C11H12O.C11H10O/c1-3-13(2)9-7-8-12-14-10-5-4-6-11-14;1-2-13(14)11-7-6-10-12-8-4-3-5-9-12;2*12-10-6-2-5-9-11-7-3-1-4-8-11/h3-6,10-11,13H,1,7,9H2,2H3;2-5,8-9,13-14H,1,7,11H2;1,3-4,7-8,12H,2,6,10H2;1,3-4,7-8,10H,2,6H2. The highest BCUT2D eigenvalue weighted by Crippen LogP contribution is 2.05. The lowest BCUT2D eigenvalue weighted by Gasteiger charge is -1.98. The molecule has 3 nitrogen and oxygen atoms in total. The zero-order valence-corrected chi connectivity index (χ0v) is 30.5. The molecule has 3 heteroatoms. The second-order valence-electron chi connectivity index (χ2n) is 11.3. The van der Waals surface area contributed by atoms with Crippen LogP contribution in [0.15, 0.2) is 147 Å². The Kier molecular flexibility index (Phi) is 27.5. The molecule has 0 saturated carbocycles. The fourth-order valence-electron chi connectivity index (χ4n) is 3.80. The fraction of sp³-hybridized carbons (Fsp3) is 0.245. The smallest absolute Gasteiger partial charge is 0.120 e. The van der Waals surface area contributed by atoms with E-state index in [1.807, 2.05) is 127 Å². The first-order valence-electron chi connectivity index (χ1n) is 17.7. The summed E-state index contributed by atoms with van der Waals surface area (Å²) in [5.41, 5.74) is 4.15. The Morgan fingerprint density at radius 3 is 1.27 bits per heavy atom. The van der Waals surface area contributed by atoms with Crippen molar-refractivity contribution in [3.05, 3.63) is 169 Å². The van der Waals surface area contributed by atoms with Gasteiger partial charge in [0.25, 0.3) is 0 Å². The first kappa shape index (κ1) is 44.2. The van der Waals surface area contributed by atoms with Gasteiger partial charge in [-0.15, -0.1) is 13.2 Å². The zero-order chi connectivity index (χ0) is 37.7. The number of aliphatic hydroxyl groups excluding tert-OH is 2. The number of hydrogen-bond acceptors (Lipinski definition) is 3. The highest BCUT2D eigenvalue weighted by atomic mass is 16.3. The molecule has 2 atom stereocenters. The number of benzene rings is 4. The number of carbonyl (C=O) groups is 1. The number of unbranched alkanes of at least 4 members (excludes halogenated alkanes) is 2. The molecule has 0 saturated heterocycles. The van der Waals surface area contributed by atoms with E-state index in [1.54, 1.807) is 0 Å². The topological polar surface area (TPSA) is 57.5 Å². The molecule has 2 N–H and O–H groups in total. The molecule has 0 aliphatic rings. The minimum Gasteiger partial charge on any atom is -0.396 e. The van der Waals surface area contributed by atoms with Crippen LogP contribution in [0.3, 0.4) is 0 Å². The molecule has 0 aliphatic carbocycles. The molecule has 52 heavy (non-hydrogen) atoms. The maximum atomic E-state index is 9.95. The third-order valence-electron chi connectivity index (χ3n) is 6.84. The molecule has 2 unspecified atom stereocenters. The van der Waals surface area contributed by atoms with Gasteiger partial charge < -0.3 is 15.0 Å². The monoisotopic (exact) mass is 688 g/mol. The van der Waals surface area contributed by atoms with Gasteiger partial charge in [-0.1, -0.05) is 139 Å². The van der Waals surface area contributed by atoms with Crippen LogP contribution in [0.4, 0.5) is 0 Å². The Labute approximate surface area is 313 Å². The lowest BCUT2D eigenvalue weighted by molar-refractivity contribution is -0.107. The Balaban J connectivity index is 0.000000348. The normalized spacial score (nSPS) is 9.98. The van der Waals surface area contributed by atoms with Crippen molar-refractivity contribution in [3.8, 4) is 47.4 Å². The Bertz CT molecular complexity index is 1680. The van der Waals surface area contributed by atoms with Crippen molar-refractivity contribution in [2.75, 3.05) is 6.61 Å². The van der Waals surface area contributed by atoms with E-state index in [1.165, 1.54) is 6.08 Å². The highest BCUT2D eigenvalue weighted by molar-refractivity contribution is 5.50. The van der Waals surface area contributed by atoms with E-state index in [0.717, 1.165) is 54.2 Å². The molecule has 0 amide bonds. The first-order chi connectivity index (χ1) is 25.5. The number of aliphatic hydroxyl groups is 2. The van der Waals surface area contributed by atoms with Gasteiger partial charge >= 0.3 is 0 Å². The van der Waals surface area contributed by atoms with Crippen molar-refractivity contribution in [1.82, 2.24) is 0 Å². The van der Waals surface area contributed by atoms with Crippen LogP contribution < -0.4 is 0 Å². The fourth-order valence-corrected chi connectivity index (χ4v) is 3.80. The minimum atomic E-state index is -0.430. The molecule has 0 aliphatic heterocycles. The highest BCUT2D eigenvalue weighted by Gasteiger charge is 1.94. The van der Waals surface area contributed by atoms with Crippen LogP contribution in [0, 0.1) is 53.3 Å². The van der Waals surface area contributed by atoms with Crippen LogP contribution in [-0.2, 0) is 4.79 Å². The van der Waals surface area contributed by atoms with Crippen molar-refractivity contribution in [2.24, 2.45) is 5.92 Å². The molecule has 4 aromatic rings. The van der Waals surface area contributed by atoms with Crippen molar-refractivity contribution < 1.29 is 15.0 Å². The zero-order valence-electron chi connectivity index (χ0n) is 30.5. The van der Waals surface area contributed by atoms with Crippen LogP contribution in [0.2, 0.25) is 0 Å². The van der Waals surface area contributed by atoms with Gasteiger partial charge in [0.05, 0.1) is 6.10 Å². The molecule has 0 aromatic heterocycles. The van der Waals surface area contributed by atoms with Gasteiger partial charge in [0.1, 0.15) is 6.29 Å². The Hall–Kier alpha value is -5.81. The summed E-state index contributed by atoms with van der Waals surface area (Å²) in [6, 6.07) is 39.5. The van der Waals surface area contributed by atoms with Gasteiger partial charge in [-0.05, 0) is 73.7 Å². The summed E-state index contributed by atoms with van der Waals surface area (Å²) in [7, 11) is 0. The molecule has 0 fully saturated rings. The van der Waals surface area contributed by atoms with E-state index < -0.39 is 6.10 Å². The maximum Gasteiger partial charge on any atom is 0.120 e. The van der Waals surface area contributed by atoms with Crippen molar-refractivity contribution in [2.45, 2.75) is 64.4 Å². The summed E-state index contributed by atoms with van der Waals surface area (Å²) in [5, 5.41) is 17.7. The van der Waals surface area contributed by atoms with Crippen molar-refractivity contribution in [1.29, 1.82) is 0 Å². The largest absolute Gasteiger partial charge is 0.396 e. The van der Waals surface area contributed by atoms with Gasteiger partial charge in [-0.2, -0.15) is 0 Å². The molecule has 0 radical (unpaired) electrons. The number of rotatable bonds is 10. The Morgan fingerprint density at radius 2 is 0.923 bits per heavy atom. The predicted molar refractivity (Wildman–Crippen MR) is 219 cm³/mol. The van der Waals surface area contributed by atoms with E-state index in [2.05, 4.69) is 67.4 Å². The number of allylic oxidation sites excluding steroid dienone is 1. The predicted octanol–water partition coefficient (Wildman–Crippen LogP) is 9.83. The number of carbonyl (C=O) groups excluding carboxylic acids is 1. The summed E-state index contributed by atoms with van der Waals surface area (Å²) in [5.74, 6) is 24.8. The molecule has 0 spiro atoms. The Morgan fingerprint density at radius 1 is 0.558 bits per heavy atom. The molecule has 0 heterocycles. The SMILES string of the molecule is C=CC(C)CCC#Cc1ccccc1.C=CC(O)CCC#Cc1ccccc1.O=CCCC#Cc1ccccc1.OCCCC#Cc1ccccc1. The van der Waals surface area contributed by atoms with E-state index in [-0.39, 0.29) is 6.61 Å². The lowest BCUT2D eigenvalue weighted by atomic mass is 10.1. The van der Waals surface area contributed by atoms with Crippen LogP contribution in [0.5, 0.6) is 0 Å². The molecular weight excluding hydrogens is 637 g/mol. The molecular formula is C49H52O3. The number of aldehydes is 1. The van der Waals surface area contributed by atoms with Gasteiger partial charge in [-0.3, -0.25) is 0 Å². The van der Waals surface area contributed by atoms with Gasteiger partial charge in [0, 0.05) is 61.0 Å². The molecule has 0 bridgehead atoms. The maximum absolute atomic E-state index is 9.95. The van der Waals surface area contributed by atoms with Gasteiger partial charge in [0.15, 0.2) is 0 Å². The molecule has 4 aromatic carbocycles. The number of hydrogen-bond donors (Lipinski definition) is 2. The van der Waals surface area contributed by atoms with Crippen LogP contribution >= 0.6 is 0 Å². The quantitative estimate of drug-likeness (QED) is 0.0755. The van der Waals surface area contributed by atoms with Crippen LogP contribution in [0.1, 0.15) is 80.5 Å². The second-order valence-corrected chi connectivity index (χ2v) is 11.3. The van der Waals surface area contributed by atoms with E-state index in [0.29, 0.717) is 31.6 Å². The average Bonchev–Trinajstić information content (AvgIpc) is 3.20.